The van der Waals surface area contributed by atoms with Gasteiger partial charge in [0.1, 0.15) is 5.92 Å². The van der Waals surface area contributed by atoms with Crippen molar-refractivity contribution < 1.29 is 33.4 Å². The van der Waals surface area contributed by atoms with Crippen molar-refractivity contribution in [3.05, 3.63) is 11.6 Å². The van der Waals surface area contributed by atoms with E-state index in [0.29, 0.717) is 0 Å². The van der Waals surface area contributed by atoms with Crippen molar-refractivity contribution in [1.29, 1.82) is 0 Å². The first-order valence-corrected chi connectivity index (χ1v) is 5.63. The normalized spacial score (nSPS) is 29.2. The van der Waals surface area contributed by atoms with Crippen LogP contribution in [0, 0.1) is 17.8 Å². The summed E-state index contributed by atoms with van der Waals surface area (Å²) in [4.78, 5) is 46.6. The molecule has 1 aliphatic heterocycles. The minimum Gasteiger partial charge on any atom is -0.469 e. The van der Waals surface area contributed by atoms with Gasteiger partial charge in [-0.3, -0.25) is 14.4 Å². The zero-order valence-electron chi connectivity index (χ0n) is 10.4. The standard InChI is InChI=1S/C12H12O7/c1-17-9(13)5-3-4-6-8(7(5)11(15)18-2)12(16)19-10(6)14/h3,6-8H,4H2,1-2H3/t6-,7?,8-/m1/s1. The van der Waals surface area contributed by atoms with Crippen molar-refractivity contribution in [2.75, 3.05) is 14.2 Å². The number of esters is 4. The van der Waals surface area contributed by atoms with Gasteiger partial charge in [-0.15, -0.1) is 0 Å². The molecule has 2 aliphatic rings. The summed E-state index contributed by atoms with van der Waals surface area (Å²) in [5.41, 5.74) is 0.0299. The van der Waals surface area contributed by atoms with Gasteiger partial charge in [0.2, 0.25) is 0 Å². The summed E-state index contributed by atoms with van der Waals surface area (Å²) in [6.45, 7) is 0. The molecular weight excluding hydrogens is 256 g/mol. The van der Waals surface area contributed by atoms with Gasteiger partial charge in [0, 0.05) is 5.57 Å². The number of carbonyl (C=O) groups excluding carboxylic acids is 4. The molecule has 0 aromatic carbocycles. The number of carbonyl (C=O) groups is 4. The molecule has 1 fully saturated rings. The lowest BCUT2D eigenvalue weighted by Gasteiger charge is -2.26. The van der Waals surface area contributed by atoms with E-state index in [1.54, 1.807) is 0 Å². The summed E-state index contributed by atoms with van der Waals surface area (Å²) in [6, 6.07) is 0. The van der Waals surface area contributed by atoms with Gasteiger partial charge in [-0.2, -0.15) is 0 Å². The summed E-state index contributed by atoms with van der Waals surface area (Å²) >= 11 is 0. The lowest BCUT2D eigenvalue weighted by atomic mass is 9.73. The fourth-order valence-electron chi connectivity index (χ4n) is 2.47. The molecule has 19 heavy (non-hydrogen) atoms. The molecule has 1 saturated heterocycles. The highest BCUT2D eigenvalue weighted by Gasteiger charge is 2.55. The smallest absolute Gasteiger partial charge is 0.334 e. The van der Waals surface area contributed by atoms with Gasteiger partial charge in [-0.05, 0) is 6.42 Å². The van der Waals surface area contributed by atoms with Crippen LogP contribution in [0.25, 0.3) is 0 Å². The zero-order chi connectivity index (χ0) is 14.2. The van der Waals surface area contributed by atoms with Crippen LogP contribution in [-0.2, 0) is 33.4 Å². The molecule has 0 radical (unpaired) electrons. The minimum atomic E-state index is -1.16. The lowest BCUT2D eigenvalue weighted by Crippen LogP contribution is -2.39. The topological polar surface area (TPSA) is 96.0 Å². The van der Waals surface area contributed by atoms with E-state index in [4.69, 9.17) is 0 Å². The predicted molar refractivity (Wildman–Crippen MR) is 58.3 cm³/mol. The molecule has 3 atom stereocenters. The minimum absolute atomic E-state index is 0.0299. The third kappa shape index (κ3) is 2.00. The monoisotopic (exact) mass is 268 g/mol. The molecule has 0 N–H and O–H groups in total. The summed E-state index contributed by atoms with van der Waals surface area (Å²) in [5, 5.41) is 0. The molecule has 0 spiro atoms. The van der Waals surface area contributed by atoms with Gasteiger partial charge in [-0.1, -0.05) is 6.08 Å². The maximum absolute atomic E-state index is 11.8. The Morgan fingerprint density at radius 1 is 1.21 bits per heavy atom. The highest BCUT2D eigenvalue weighted by molar-refractivity contribution is 6.04. The predicted octanol–water partition coefficient (Wildman–Crippen LogP) is -0.406. The van der Waals surface area contributed by atoms with Crippen molar-refractivity contribution in [1.82, 2.24) is 0 Å². The first kappa shape index (κ1) is 13.3. The highest BCUT2D eigenvalue weighted by atomic mass is 16.6. The first-order valence-electron chi connectivity index (χ1n) is 5.63. The Labute approximate surface area is 108 Å². The Bertz CT molecular complexity index is 490. The number of allylic oxidation sites excluding steroid dienone is 1. The number of rotatable bonds is 2. The number of cyclic esters (lactones) is 2. The second-order valence-electron chi connectivity index (χ2n) is 4.26. The highest BCUT2D eigenvalue weighted by Crippen LogP contribution is 2.41. The van der Waals surface area contributed by atoms with Crippen LogP contribution in [-0.4, -0.2) is 38.1 Å². The fourth-order valence-corrected chi connectivity index (χ4v) is 2.47. The Kier molecular flexibility index (Phi) is 3.37. The lowest BCUT2D eigenvalue weighted by molar-refractivity contribution is -0.157. The van der Waals surface area contributed by atoms with E-state index in [9.17, 15) is 19.2 Å². The van der Waals surface area contributed by atoms with Crippen LogP contribution in [0.5, 0.6) is 0 Å². The molecule has 0 saturated carbocycles. The SMILES string of the molecule is COC(=O)C1=CC[C@H]2C(=O)OC(=O)[C@H]2C1C(=O)OC. The zero-order valence-corrected chi connectivity index (χ0v) is 10.4. The maximum atomic E-state index is 11.8. The number of hydrogen-bond donors (Lipinski definition) is 0. The van der Waals surface area contributed by atoms with E-state index >= 15 is 0 Å². The molecule has 0 bridgehead atoms. The van der Waals surface area contributed by atoms with Crippen LogP contribution < -0.4 is 0 Å². The van der Waals surface area contributed by atoms with E-state index in [0.717, 1.165) is 7.11 Å². The molecule has 2 rings (SSSR count). The molecular formula is C12H12O7. The van der Waals surface area contributed by atoms with E-state index < -0.39 is 41.6 Å². The fraction of sp³-hybridized carbons (Fsp3) is 0.500. The van der Waals surface area contributed by atoms with E-state index in [2.05, 4.69) is 14.2 Å². The first-order chi connectivity index (χ1) is 9.01. The van der Waals surface area contributed by atoms with Gasteiger partial charge < -0.3 is 14.2 Å². The van der Waals surface area contributed by atoms with Crippen molar-refractivity contribution in [3.63, 3.8) is 0 Å². The van der Waals surface area contributed by atoms with Gasteiger partial charge in [0.05, 0.1) is 26.1 Å². The van der Waals surface area contributed by atoms with Gasteiger partial charge in [0.15, 0.2) is 0 Å². The molecule has 0 aromatic heterocycles. The third-order valence-corrected chi connectivity index (χ3v) is 3.37. The van der Waals surface area contributed by atoms with Gasteiger partial charge in [-0.25, -0.2) is 4.79 Å². The Hall–Kier alpha value is -2.18. The van der Waals surface area contributed by atoms with Crippen LogP contribution in [0.3, 0.4) is 0 Å². The summed E-state index contributed by atoms with van der Waals surface area (Å²) < 4.78 is 13.7. The van der Waals surface area contributed by atoms with E-state index in [-0.39, 0.29) is 12.0 Å². The molecule has 1 heterocycles. The van der Waals surface area contributed by atoms with Crippen LogP contribution in [0.4, 0.5) is 0 Å². The average molecular weight is 268 g/mol. The molecule has 7 nitrogen and oxygen atoms in total. The molecule has 1 aliphatic carbocycles. The second-order valence-corrected chi connectivity index (χ2v) is 4.26. The van der Waals surface area contributed by atoms with E-state index in [1.165, 1.54) is 13.2 Å². The third-order valence-electron chi connectivity index (χ3n) is 3.37. The maximum Gasteiger partial charge on any atom is 0.334 e. The summed E-state index contributed by atoms with van der Waals surface area (Å²) in [7, 11) is 2.31. The average Bonchev–Trinajstić information content (AvgIpc) is 2.71. The van der Waals surface area contributed by atoms with Crippen LogP contribution in [0.15, 0.2) is 11.6 Å². The number of fused-ring (bicyclic) bond motifs is 1. The van der Waals surface area contributed by atoms with E-state index in [1.807, 2.05) is 0 Å². The number of hydrogen-bond acceptors (Lipinski definition) is 7. The summed E-state index contributed by atoms with van der Waals surface area (Å²) in [5.74, 6) is -5.89. The van der Waals surface area contributed by atoms with Crippen LogP contribution in [0.2, 0.25) is 0 Å². The second kappa shape index (κ2) is 4.83. The molecule has 0 aromatic rings. The Morgan fingerprint density at radius 2 is 1.89 bits per heavy atom. The van der Waals surface area contributed by atoms with Crippen molar-refractivity contribution in [3.8, 4) is 0 Å². The van der Waals surface area contributed by atoms with Crippen molar-refractivity contribution in [2.24, 2.45) is 17.8 Å². The number of ether oxygens (including phenoxy) is 3. The van der Waals surface area contributed by atoms with Gasteiger partial charge >= 0.3 is 23.9 Å². The van der Waals surface area contributed by atoms with Gasteiger partial charge in [0.25, 0.3) is 0 Å². The van der Waals surface area contributed by atoms with Crippen molar-refractivity contribution >= 4 is 23.9 Å². The molecule has 102 valence electrons. The van der Waals surface area contributed by atoms with Crippen LogP contribution >= 0.6 is 0 Å². The largest absolute Gasteiger partial charge is 0.469 e. The Morgan fingerprint density at radius 3 is 2.47 bits per heavy atom. The molecule has 0 amide bonds. The number of methoxy groups -OCH3 is 2. The summed E-state index contributed by atoms with van der Waals surface area (Å²) in [6.07, 6.45) is 1.58. The van der Waals surface area contributed by atoms with Crippen molar-refractivity contribution in [2.45, 2.75) is 6.42 Å². The molecule has 1 unspecified atom stereocenters. The Balaban J connectivity index is 2.44. The molecule has 7 heteroatoms. The quantitative estimate of drug-likeness (QED) is 0.381. The van der Waals surface area contributed by atoms with Crippen LogP contribution in [0.1, 0.15) is 6.42 Å².